The quantitative estimate of drug-likeness (QED) is 0.513. The number of halogens is 1. The highest BCUT2D eigenvalue weighted by molar-refractivity contribution is 6.30. The molecule has 0 aliphatic heterocycles. The maximum Gasteiger partial charge on any atom is 0.263 e. The molecule has 0 radical (unpaired) electrons. The molecule has 0 saturated heterocycles. The minimum Gasteiger partial charge on any atom is -0.508 e. The van der Waals surface area contributed by atoms with Gasteiger partial charge in [0.2, 0.25) is 0 Å². The van der Waals surface area contributed by atoms with Gasteiger partial charge in [0.25, 0.3) is 5.91 Å². The summed E-state index contributed by atoms with van der Waals surface area (Å²) in [5.74, 6) is 0.241. The monoisotopic (exact) mass is 371 g/mol. The van der Waals surface area contributed by atoms with Crippen LogP contribution in [0.1, 0.15) is 5.56 Å². The Bertz CT molecular complexity index is 842. The number of nitrogens with one attached hydrogen (secondary N) is 2. The first-order chi connectivity index (χ1) is 12.5. The highest BCUT2D eigenvalue weighted by Gasteiger charge is 2.09. The van der Waals surface area contributed by atoms with Crippen LogP contribution in [0.2, 0.25) is 5.02 Å². The third-order valence-electron chi connectivity index (χ3n) is 3.53. The van der Waals surface area contributed by atoms with E-state index in [2.05, 4.69) is 10.6 Å². The van der Waals surface area contributed by atoms with E-state index in [0.29, 0.717) is 29.4 Å². The van der Waals surface area contributed by atoms with Gasteiger partial charge in [0.05, 0.1) is 12.8 Å². The molecule has 0 bridgehead atoms. The lowest BCUT2D eigenvalue weighted by atomic mass is 10.1. The molecule has 0 fully saturated rings. The molecule has 2 rings (SSSR count). The molecule has 0 aliphatic rings. The summed E-state index contributed by atoms with van der Waals surface area (Å²) in [6.07, 6.45) is 1.89. The van der Waals surface area contributed by atoms with Crippen LogP contribution in [0.25, 0.3) is 0 Å². The Labute approximate surface area is 156 Å². The average Bonchev–Trinajstić information content (AvgIpc) is 2.64. The van der Waals surface area contributed by atoms with Crippen molar-refractivity contribution in [3.63, 3.8) is 0 Å². The molecule has 26 heavy (non-hydrogen) atoms. The molecular formula is C19H18ClN3O3. The lowest BCUT2D eigenvalue weighted by Gasteiger charge is -2.09. The van der Waals surface area contributed by atoms with Gasteiger partial charge in [0.15, 0.2) is 0 Å². The van der Waals surface area contributed by atoms with Crippen molar-refractivity contribution in [2.45, 2.75) is 6.42 Å². The molecule has 0 saturated carbocycles. The number of rotatable bonds is 7. The number of benzene rings is 2. The molecule has 7 heteroatoms. The summed E-state index contributed by atoms with van der Waals surface area (Å²) in [6, 6.07) is 13.6. The fraction of sp³-hybridized carbons (Fsp3) is 0.158. The lowest BCUT2D eigenvalue weighted by molar-refractivity contribution is -0.117. The van der Waals surface area contributed by atoms with E-state index < -0.39 is 5.91 Å². The van der Waals surface area contributed by atoms with Crippen LogP contribution in [0.15, 0.2) is 54.2 Å². The summed E-state index contributed by atoms with van der Waals surface area (Å²) in [5, 5.41) is 24.5. The fourth-order valence-corrected chi connectivity index (χ4v) is 2.34. The van der Waals surface area contributed by atoms with Crippen LogP contribution in [0.3, 0.4) is 0 Å². The number of carbonyl (C=O) groups is 1. The van der Waals surface area contributed by atoms with E-state index in [1.807, 2.05) is 6.07 Å². The van der Waals surface area contributed by atoms with Crippen LogP contribution in [0.5, 0.6) is 11.5 Å². The van der Waals surface area contributed by atoms with Crippen molar-refractivity contribution in [3.8, 4) is 17.6 Å². The first kappa shape index (κ1) is 19.2. The zero-order valence-corrected chi connectivity index (χ0v) is 14.9. The SMILES string of the molecule is COc1ccc(Cl)cc1N/C=C(/C#N)C(=O)NCCc1ccc(O)cc1. The number of hydrogen-bond donors (Lipinski definition) is 3. The van der Waals surface area contributed by atoms with Gasteiger partial charge in [-0.25, -0.2) is 0 Å². The van der Waals surface area contributed by atoms with Crippen LogP contribution in [-0.4, -0.2) is 24.7 Å². The second kappa shape index (κ2) is 9.35. The summed E-state index contributed by atoms with van der Waals surface area (Å²) >= 11 is 5.95. The van der Waals surface area contributed by atoms with Gasteiger partial charge in [-0.2, -0.15) is 5.26 Å². The Hall–Kier alpha value is -3.17. The van der Waals surface area contributed by atoms with Crippen LogP contribution >= 0.6 is 11.6 Å². The molecule has 0 atom stereocenters. The van der Waals surface area contributed by atoms with E-state index in [4.69, 9.17) is 16.3 Å². The summed E-state index contributed by atoms with van der Waals surface area (Å²) in [5.41, 5.74) is 1.44. The first-order valence-electron chi connectivity index (χ1n) is 7.80. The smallest absolute Gasteiger partial charge is 0.263 e. The van der Waals surface area contributed by atoms with Gasteiger partial charge >= 0.3 is 0 Å². The lowest BCUT2D eigenvalue weighted by Crippen LogP contribution is -2.27. The number of anilines is 1. The summed E-state index contributed by atoms with van der Waals surface area (Å²) < 4.78 is 5.20. The van der Waals surface area contributed by atoms with Crippen LogP contribution in [-0.2, 0) is 11.2 Å². The minimum atomic E-state index is -0.486. The molecule has 134 valence electrons. The first-order valence-corrected chi connectivity index (χ1v) is 8.17. The van der Waals surface area contributed by atoms with Crippen LogP contribution in [0, 0.1) is 11.3 Å². The summed E-state index contributed by atoms with van der Waals surface area (Å²) in [7, 11) is 1.51. The number of aromatic hydroxyl groups is 1. The molecule has 1 amide bonds. The normalized spacial score (nSPS) is 10.7. The van der Waals surface area contributed by atoms with Crippen LogP contribution < -0.4 is 15.4 Å². The number of hydrogen-bond acceptors (Lipinski definition) is 5. The standard InChI is InChI=1S/C19H18ClN3O3/c1-26-18-7-4-15(20)10-17(18)23-12-14(11-21)19(25)22-9-8-13-2-5-16(24)6-3-13/h2-7,10,12,23-24H,8-9H2,1H3,(H,22,25)/b14-12-. The molecule has 2 aromatic carbocycles. The molecule has 0 heterocycles. The number of nitrogens with zero attached hydrogens (tertiary/aromatic N) is 1. The molecule has 0 aliphatic carbocycles. The van der Waals surface area contributed by atoms with E-state index in [1.54, 1.807) is 42.5 Å². The van der Waals surface area contributed by atoms with E-state index in [0.717, 1.165) is 5.56 Å². The zero-order valence-electron chi connectivity index (χ0n) is 14.1. The Morgan fingerprint density at radius 3 is 2.69 bits per heavy atom. The van der Waals surface area contributed by atoms with E-state index in [9.17, 15) is 15.2 Å². The van der Waals surface area contributed by atoms with Crippen molar-refractivity contribution < 1.29 is 14.6 Å². The van der Waals surface area contributed by atoms with Crippen molar-refractivity contribution >= 4 is 23.2 Å². The van der Waals surface area contributed by atoms with E-state index >= 15 is 0 Å². The van der Waals surface area contributed by atoms with Gasteiger partial charge in [-0.1, -0.05) is 23.7 Å². The van der Waals surface area contributed by atoms with Gasteiger partial charge in [0, 0.05) is 17.8 Å². The number of carbonyl (C=O) groups excluding carboxylic acids is 1. The molecule has 0 aromatic heterocycles. The Kier molecular flexibility index (Phi) is 6.89. The molecule has 2 aromatic rings. The third-order valence-corrected chi connectivity index (χ3v) is 3.77. The number of ether oxygens (including phenoxy) is 1. The number of phenolic OH excluding ortho intramolecular Hbond substituents is 1. The maximum atomic E-state index is 12.1. The number of amides is 1. The predicted octanol–water partition coefficient (Wildman–Crippen LogP) is 3.23. The number of methoxy groups -OCH3 is 1. The molecule has 6 nitrogen and oxygen atoms in total. The van der Waals surface area contributed by atoms with Crippen molar-refractivity contribution in [2.75, 3.05) is 19.0 Å². The predicted molar refractivity (Wildman–Crippen MR) is 100 cm³/mol. The van der Waals surface area contributed by atoms with Gasteiger partial charge in [-0.05, 0) is 42.3 Å². The Balaban J connectivity index is 1.95. The van der Waals surface area contributed by atoms with Crippen molar-refractivity contribution in [1.82, 2.24) is 5.32 Å². The summed E-state index contributed by atoms with van der Waals surface area (Å²) in [6.45, 7) is 0.364. The second-order valence-corrected chi connectivity index (χ2v) is 5.77. The third kappa shape index (κ3) is 5.43. The van der Waals surface area contributed by atoms with Gasteiger partial charge in [0.1, 0.15) is 23.1 Å². The number of phenols is 1. The average molecular weight is 372 g/mol. The van der Waals surface area contributed by atoms with Gasteiger partial charge in [-0.3, -0.25) is 4.79 Å². The topological polar surface area (TPSA) is 94.4 Å². The largest absolute Gasteiger partial charge is 0.508 e. The molecule has 0 spiro atoms. The van der Waals surface area contributed by atoms with E-state index in [1.165, 1.54) is 13.3 Å². The minimum absolute atomic E-state index is 0.0715. The molecular weight excluding hydrogens is 354 g/mol. The van der Waals surface area contributed by atoms with E-state index in [-0.39, 0.29) is 11.3 Å². The highest BCUT2D eigenvalue weighted by atomic mass is 35.5. The fourth-order valence-electron chi connectivity index (χ4n) is 2.17. The molecule has 3 N–H and O–H groups in total. The summed E-state index contributed by atoms with van der Waals surface area (Å²) in [4.78, 5) is 12.1. The number of nitriles is 1. The highest BCUT2D eigenvalue weighted by Crippen LogP contribution is 2.27. The molecule has 0 unspecified atom stereocenters. The van der Waals surface area contributed by atoms with Crippen molar-refractivity contribution in [1.29, 1.82) is 5.26 Å². The van der Waals surface area contributed by atoms with Crippen LogP contribution in [0.4, 0.5) is 5.69 Å². The maximum absolute atomic E-state index is 12.1. The Morgan fingerprint density at radius 1 is 1.31 bits per heavy atom. The van der Waals surface area contributed by atoms with Crippen molar-refractivity contribution in [3.05, 3.63) is 64.8 Å². The Morgan fingerprint density at radius 2 is 2.04 bits per heavy atom. The second-order valence-electron chi connectivity index (χ2n) is 5.33. The van der Waals surface area contributed by atoms with Gasteiger partial charge in [-0.15, -0.1) is 0 Å². The zero-order chi connectivity index (χ0) is 18.9. The van der Waals surface area contributed by atoms with Crippen molar-refractivity contribution in [2.24, 2.45) is 0 Å². The van der Waals surface area contributed by atoms with Gasteiger partial charge < -0.3 is 20.5 Å².